The van der Waals surface area contributed by atoms with Crippen LogP contribution in [0.1, 0.15) is 43.9 Å². The van der Waals surface area contributed by atoms with E-state index in [1.807, 2.05) is 13.8 Å². The first kappa shape index (κ1) is 11.1. The van der Waals surface area contributed by atoms with Crippen molar-refractivity contribution in [3.05, 3.63) is 17.8 Å². The van der Waals surface area contributed by atoms with Gasteiger partial charge in [0.15, 0.2) is 0 Å². The SMILES string of the molecule is Cc1cnc(C(C)NC(=O)C2(N)CCC2)o1. The Balaban J connectivity index is 1.97. The molecule has 88 valence electrons. The minimum absolute atomic E-state index is 0.109. The molecular formula is C11H17N3O2. The van der Waals surface area contributed by atoms with Gasteiger partial charge in [-0.3, -0.25) is 4.79 Å². The molecule has 3 N–H and O–H groups in total. The van der Waals surface area contributed by atoms with Gasteiger partial charge in [-0.25, -0.2) is 4.98 Å². The van der Waals surface area contributed by atoms with E-state index in [1.165, 1.54) is 0 Å². The number of carbonyl (C=O) groups excluding carboxylic acids is 1. The number of nitrogens with two attached hydrogens (primary N) is 1. The third-order valence-electron chi connectivity index (χ3n) is 3.06. The molecule has 1 aromatic rings. The van der Waals surface area contributed by atoms with Gasteiger partial charge in [0.2, 0.25) is 11.8 Å². The monoisotopic (exact) mass is 223 g/mol. The van der Waals surface area contributed by atoms with Crippen molar-refractivity contribution >= 4 is 5.91 Å². The van der Waals surface area contributed by atoms with Gasteiger partial charge in [-0.15, -0.1) is 0 Å². The quantitative estimate of drug-likeness (QED) is 0.802. The lowest BCUT2D eigenvalue weighted by molar-refractivity contribution is -0.130. The molecule has 5 nitrogen and oxygen atoms in total. The van der Waals surface area contributed by atoms with E-state index in [-0.39, 0.29) is 11.9 Å². The van der Waals surface area contributed by atoms with Crippen LogP contribution in [0.2, 0.25) is 0 Å². The van der Waals surface area contributed by atoms with Crippen LogP contribution < -0.4 is 11.1 Å². The number of nitrogens with zero attached hydrogens (tertiary/aromatic N) is 1. The first-order valence-corrected chi connectivity index (χ1v) is 5.53. The smallest absolute Gasteiger partial charge is 0.240 e. The van der Waals surface area contributed by atoms with E-state index in [0.29, 0.717) is 5.89 Å². The van der Waals surface area contributed by atoms with Gasteiger partial charge in [-0.1, -0.05) is 0 Å². The zero-order valence-corrected chi connectivity index (χ0v) is 9.62. The Morgan fingerprint density at radius 2 is 2.38 bits per heavy atom. The molecule has 1 saturated carbocycles. The van der Waals surface area contributed by atoms with Crippen molar-refractivity contribution in [2.75, 3.05) is 0 Å². The van der Waals surface area contributed by atoms with Crippen molar-refractivity contribution in [2.45, 2.75) is 44.7 Å². The number of amides is 1. The molecule has 16 heavy (non-hydrogen) atoms. The van der Waals surface area contributed by atoms with Gasteiger partial charge >= 0.3 is 0 Å². The topological polar surface area (TPSA) is 81.2 Å². The van der Waals surface area contributed by atoms with E-state index >= 15 is 0 Å². The van der Waals surface area contributed by atoms with Crippen molar-refractivity contribution in [1.29, 1.82) is 0 Å². The second kappa shape index (κ2) is 3.90. The molecule has 0 spiro atoms. The summed E-state index contributed by atoms with van der Waals surface area (Å²) in [6, 6.07) is -0.234. The van der Waals surface area contributed by atoms with Crippen LogP contribution in [0.25, 0.3) is 0 Å². The standard InChI is InChI=1S/C11H17N3O2/c1-7-6-13-9(16-7)8(2)14-10(15)11(12)4-3-5-11/h6,8H,3-5,12H2,1-2H3,(H,14,15). The highest BCUT2D eigenvalue weighted by atomic mass is 16.4. The number of hydrogen-bond acceptors (Lipinski definition) is 4. The highest BCUT2D eigenvalue weighted by Crippen LogP contribution is 2.29. The average molecular weight is 223 g/mol. The molecule has 1 aliphatic rings. The molecule has 0 aromatic carbocycles. The van der Waals surface area contributed by atoms with E-state index in [1.54, 1.807) is 6.20 Å². The molecule has 0 bridgehead atoms. The van der Waals surface area contributed by atoms with Crippen LogP contribution in [0.15, 0.2) is 10.6 Å². The summed E-state index contributed by atoms with van der Waals surface area (Å²) in [6.07, 6.45) is 4.18. The van der Waals surface area contributed by atoms with Gasteiger partial charge < -0.3 is 15.5 Å². The normalized spacial score (nSPS) is 19.9. The molecule has 1 aliphatic carbocycles. The molecule has 0 aliphatic heterocycles. The Bertz CT molecular complexity index is 396. The summed E-state index contributed by atoms with van der Waals surface area (Å²) in [5, 5.41) is 2.83. The van der Waals surface area contributed by atoms with Crippen LogP contribution in [0, 0.1) is 6.92 Å². The van der Waals surface area contributed by atoms with Gasteiger partial charge in [-0.2, -0.15) is 0 Å². The molecule has 1 aromatic heterocycles. The summed E-state index contributed by atoms with van der Waals surface area (Å²) in [5.74, 6) is 1.15. The summed E-state index contributed by atoms with van der Waals surface area (Å²) >= 11 is 0. The zero-order valence-electron chi connectivity index (χ0n) is 9.62. The number of hydrogen-bond donors (Lipinski definition) is 2. The van der Waals surface area contributed by atoms with Crippen LogP contribution in [0.3, 0.4) is 0 Å². The summed E-state index contributed by atoms with van der Waals surface area (Å²) in [4.78, 5) is 15.9. The molecule has 1 amide bonds. The number of carbonyl (C=O) groups is 1. The number of aryl methyl sites for hydroxylation is 1. The fraction of sp³-hybridized carbons (Fsp3) is 0.636. The number of aromatic nitrogens is 1. The van der Waals surface area contributed by atoms with Gasteiger partial charge in [0.05, 0.1) is 11.7 Å². The molecule has 2 rings (SSSR count). The zero-order chi connectivity index (χ0) is 11.8. The number of oxazole rings is 1. The maximum absolute atomic E-state index is 11.8. The van der Waals surface area contributed by atoms with Gasteiger partial charge in [0.1, 0.15) is 11.8 Å². The fourth-order valence-corrected chi connectivity index (χ4v) is 1.76. The Kier molecular flexibility index (Phi) is 2.71. The average Bonchev–Trinajstić information content (AvgIpc) is 2.61. The lowest BCUT2D eigenvalue weighted by Crippen LogP contribution is -2.58. The first-order valence-electron chi connectivity index (χ1n) is 5.53. The summed E-state index contributed by atoms with van der Waals surface area (Å²) < 4.78 is 5.34. The van der Waals surface area contributed by atoms with Crippen LogP contribution in [0.4, 0.5) is 0 Å². The van der Waals surface area contributed by atoms with Crippen molar-refractivity contribution in [3.63, 3.8) is 0 Å². The van der Waals surface area contributed by atoms with E-state index in [4.69, 9.17) is 10.2 Å². The molecule has 0 radical (unpaired) electrons. The summed E-state index contributed by atoms with van der Waals surface area (Å²) in [6.45, 7) is 3.66. The first-order chi connectivity index (χ1) is 7.51. The van der Waals surface area contributed by atoms with E-state index in [9.17, 15) is 4.79 Å². The van der Waals surface area contributed by atoms with E-state index in [0.717, 1.165) is 25.0 Å². The molecule has 1 atom stereocenters. The maximum atomic E-state index is 11.8. The maximum Gasteiger partial charge on any atom is 0.240 e. The summed E-state index contributed by atoms with van der Waals surface area (Å²) in [5.41, 5.74) is 5.24. The van der Waals surface area contributed by atoms with Crippen molar-refractivity contribution in [3.8, 4) is 0 Å². The minimum atomic E-state index is -0.671. The highest BCUT2D eigenvalue weighted by Gasteiger charge is 2.40. The van der Waals surface area contributed by atoms with Gasteiger partial charge in [0, 0.05) is 0 Å². The lowest BCUT2D eigenvalue weighted by Gasteiger charge is -2.36. The second-order valence-corrected chi connectivity index (χ2v) is 4.51. The van der Waals surface area contributed by atoms with Crippen LogP contribution in [-0.4, -0.2) is 16.4 Å². The highest BCUT2D eigenvalue weighted by molar-refractivity contribution is 5.87. The molecule has 0 saturated heterocycles. The molecule has 1 heterocycles. The molecular weight excluding hydrogens is 206 g/mol. The van der Waals surface area contributed by atoms with Crippen molar-refractivity contribution in [2.24, 2.45) is 5.73 Å². The number of rotatable bonds is 3. The van der Waals surface area contributed by atoms with Gasteiger partial charge in [0.25, 0.3) is 0 Å². The molecule has 5 heteroatoms. The minimum Gasteiger partial charge on any atom is -0.444 e. The van der Waals surface area contributed by atoms with Crippen molar-refractivity contribution in [1.82, 2.24) is 10.3 Å². The largest absolute Gasteiger partial charge is 0.444 e. The third-order valence-corrected chi connectivity index (χ3v) is 3.06. The number of nitrogens with one attached hydrogen (secondary N) is 1. The van der Waals surface area contributed by atoms with E-state index < -0.39 is 5.54 Å². The Morgan fingerprint density at radius 1 is 1.69 bits per heavy atom. The fourth-order valence-electron chi connectivity index (χ4n) is 1.76. The van der Waals surface area contributed by atoms with Crippen molar-refractivity contribution < 1.29 is 9.21 Å². The Morgan fingerprint density at radius 3 is 2.81 bits per heavy atom. The van der Waals surface area contributed by atoms with Gasteiger partial charge in [-0.05, 0) is 33.1 Å². The van der Waals surface area contributed by atoms with E-state index in [2.05, 4.69) is 10.3 Å². The Labute approximate surface area is 94.4 Å². The molecule has 1 fully saturated rings. The third kappa shape index (κ3) is 1.95. The molecule has 1 unspecified atom stereocenters. The Hall–Kier alpha value is -1.36. The predicted molar refractivity (Wildman–Crippen MR) is 58.6 cm³/mol. The summed E-state index contributed by atoms with van der Waals surface area (Å²) in [7, 11) is 0. The predicted octanol–water partition coefficient (Wildman–Crippen LogP) is 1.04. The second-order valence-electron chi connectivity index (χ2n) is 4.51. The van der Waals surface area contributed by atoms with Crippen LogP contribution >= 0.6 is 0 Å². The van der Waals surface area contributed by atoms with Crippen LogP contribution in [-0.2, 0) is 4.79 Å². The van der Waals surface area contributed by atoms with Crippen LogP contribution in [0.5, 0.6) is 0 Å². The lowest BCUT2D eigenvalue weighted by atomic mass is 9.77.